The molecule has 1 aromatic heterocycles. The van der Waals surface area contributed by atoms with Crippen LogP contribution in [-0.4, -0.2) is 55.1 Å². The average molecular weight is 479 g/mol. The molecule has 2 N–H and O–H groups in total. The SMILES string of the molecule is CCOc1cc(C(=O)N[C@H]2CCCN(c3cc(-c4ccccc4)[nH]n3)C2)cc(OCC)c1OCC. The summed E-state index contributed by atoms with van der Waals surface area (Å²) in [6, 6.07) is 15.7. The molecule has 1 amide bonds. The van der Waals surface area contributed by atoms with Crippen LogP contribution < -0.4 is 24.4 Å². The number of hydrogen-bond donors (Lipinski definition) is 2. The summed E-state index contributed by atoms with van der Waals surface area (Å²) in [4.78, 5) is 15.4. The van der Waals surface area contributed by atoms with E-state index in [-0.39, 0.29) is 11.9 Å². The topological polar surface area (TPSA) is 88.7 Å². The molecule has 1 aliphatic rings. The molecule has 8 heteroatoms. The summed E-state index contributed by atoms with van der Waals surface area (Å²) in [5, 5.41) is 10.8. The molecule has 0 spiro atoms. The number of aromatic amines is 1. The minimum Gasteiger partial charge on any atom is -0.490 e. The summed E-state index contributed by atoms with van der Waals surface area (Å²) in [5.74, 6) is 2.29. The normalized spacial score (nSPS) is 15.5. The maximum atomic E-state index is 13.2. The van der Waals surface area contributed by atoms with Gasteiger partial charge in [0.2, 0.25) is 5.75 Å². The molecule has 0 bridgehead atoms. The van der Waals surface area contributed by atoms with E-state index in [0.29, 0.717) is 49.2 Å². The van der Waals surface area contributed by atoms with Crippen molar-refractivity contribution < 1.29 is 19.0 Å². The number of carbonyl (C=O) groups excluding carboxylic acids is 1. The van der Waals surface area contributed by atoms with E-state index < -0.39 is 0 Å². The van der Waals surface area contributed by atoms with Crippen LogP contribution in [0.5, 0.6) is 17.2 Å². The van der Waals surface area contributed by atoms with Gasteiger partial charge in [-0.2, -0.15) is 5.10 Å². The number of aromatic nitrogens is 2. The number of amides is 1. The smallest absolute Gasteiger partial charge is 0.251 e. The van der Waals surface area contributed by atoms with Crippen molar-refractivity contribution in [1.29, 1.82) is 0 Å². The average Bonchev–Trinajstić information content (AvgIpc) is 3.37. The molecule has 0 unspecified atom stereocenters. The number of carbonyl (C=O) groups is 1. The van der Waals surface area contributed by atoms with Gasteiger partial charge in [0.25, 0.3) is 5.91 Å². The van der Waals surface area contributed by atoms with Gasteiger partial charge in [0.15, 0.2) is 17.3 Å². The van der Waals surface area contributed by atoms with Gasteiger partial charge in [-0.25, -0.2) is 0 Å². The van der Waals surface area contributed by atoms with E-state index in [0.717, 1.165) is 36.5 Å². The van der Waals surface area contributed by atoms with Gasteiger partial charge in [0.05, 0.1) is 25.5 Å². The van der Waals surface area contributed by atoms with Crippen molar-refractivity contribution in [3.05, 3.63) is 54.1 Å². The van der Waals surface area contributed by atoms with Gasteiger partial charge in [-0.15, -0.1) is 0 Å². The Morgan fingerprint density at radius 2 is 1.71 bits per heavy atom. The fourth-order valence-electron chi connectivity index (χ4n) is 4.33. The summed E-state index contributed by atoms with van der Waals surface area (Å²) in [6.07, 6.45) is 1.88. The molecule has 0 radical (unpaired) electrons. The molecule has 0 aliphatic carbocycles. The standard InChI is InChI=1S/C27H34N4O4/c1-4-33-23-15-20(16-24(34-5-2)26(23)35-6-3)27(32)28-21-13-10-14-31(18-21)25-17-22(29-30-25)19-11-8-7-9-12-19/h7-9,11-12,15-17,21H,4-6,10,13-14,18H2,1-3H3,(H,28,32)(H,29,30)/t21-/m0/s1. The van der Waals surface area contributed by atoms with Crippen LogP contribution in [0, 0.1) is 0 Å². The molecule has 1 aliphatic heterocycles. The fraction of sp³-hybridized carbons (Fsp3) is 0.407. The van der Waals surface area contributed by atoms with Crippen molar-refractivity contribution in [3.8, 4) is 28.5 Å². The number of rotatable bonds is 10. The molecule has 2 aromatic carbocycles. The van der Waals surface area contributed by atoms with Crippen LogP contribution in [-0.2, 0) is 0 Å². The number of benzene rings is 2. The summed E-state index contributed by atoms with van der Waals surface area (Å²) in [6.45, 7) is 8.70. The van der Waals surface area contributed by atoms with Crippen LogP contribution in [0.15, 0.2) is 48.5 Å². The van der Waals surface area contributed by atoms with Gasteiger partial charge in [-0.05, 0) is 51.3 Å². The molecule has 3 aromatic rings. The monoisotopic (exact) mass is 478 g/mol. The van der Waals surface area contributed by atoms with E-state index >= 15 is 0 Å². The lowest BCUT2D eigenvalue weighted by Gasteiger charge is -2.33. The molecular formula is C27H34N4O4. The molecule has 2 heterocycles. The maximum absolute atomic E-state index is 13.2. The summed E-state index contributed by atoms with van der Waals surface area (Å²) < 4.78 is 17.3. The zero-order valence-electron chi connectivity index (χ0n) is 20.7. The van der Waals surface area contributed by atoms with Gasteiger partial charge in [-0.1, -0.05) is 30.3 Å². The van der Waals surface area contributed by atoms with E-state index in [2.05, 4.69) is 38.6 Å². The molecule has 35 heavy (non-hydrogen) atoms. The predicted molar refractivity (Wildman–Crippen MR) is 137 cm³/mol. The van der Waals surface area contributed by atoms with Crippen molar-refractivity contribution in [3.63, 3.8) is 0 Å². The Hall–Kier alpha value is -3.68. The molecule has 0 saturated carbocycles. The number of H-pyrrole nitrogens is 1. The summed E-state index contributed by atoms with van der Waals surface area (Å²) >= 11 is 0. The largest absolute Gasteiger partial charge is 0.490 e. The Bertz CT molecular complexity index is 1090. The van der Waals surface area contributed by atoms with Gasteiger partial charge >= 0.3 is 0 Å². The zero-order chi connectivity index (χ0) is 24.6. The molecule has 1 fully saturated rings. The lowest BCUT2D eigenvalue weighted by Crippen LogP contribution is -2.48. The lowest BCUT2D eigenvalue weighted by atomic mass is 10.0. The van der Waals surface area contributed by atoms with Crippen LogP contribution in [0.3, 0.4) is 0 Å². The third kappa shape index (κ3) is 5.88. The van der Waals surface area contributed by atoms with E-state index in [1.165, 1.54) is 0 Å². The third-order valence-corrected chi connectivity index (χ3v) is 5.90. The highest BCUT2D eigenvalue weighted by molar-refractivity contribution is 5.96. The quantitative estimate of drug-likeness (QED) is 0.440. The van der Waals surface area contributed by atoms with Crippen LogP contribution >= 0.6 is 0 Å². The second kappa shape index (κ2) is 11.6. The molecule has 8 nitrogen and oxygen atoms in total. The van der Waals surface area contributed by atoms with Crippen LogP contribution in [0.1, 0.15) is 44.0 Å². The Kier molecular flexibility index (Phi) is 8.13. The molecule has 4 rings (SSSR count). The highest BCUT2D eigenvalue weighted by Crippen LogP contribution is 2.39. The van der Waals surface area contributed by atoms with Gasteiger partial charge < -0.3 is 24.4 Å². The minimum atomic E-state index is -0.159. The van der Waals surface area contributed by atoms with Gasteiger partial charge in [-0.3, -0.25) is 9.89 Å². The first-order valence-corrected chi connectivity index (χ1v) is 12.4. The van der Waals surface area contributed by atoms with Crippen molar-refractivity contribution in [2.75, 3.05) is 37.8 Å². The number of ether oxygens (including phenoxy) is 3. The summed E-state index contributed by atoms with van der Waals surface area (Å²) in [5.41, 5.74) is 2.57. The first kappa shape index (κ1) is 24.4. The number of anilines is 1. The predicted octanol–water partition coefficient (Wildman–Crippen LogP) is 4.67. The van der Waals surface area contributed by atoms with Crippen molar-refractivity contribution in [1.82, 2.24) is 15.5 Å². The summed E-state index contributed by atoms with van der Waals surface area (Å²) in [7, 11) is 0. The second-order valence-corrected chi connectivity index (χ2v) is 8.37. The van der Waals surface area contributed by atoms with Crippen molar-refractivity contribution in [2.45, 2.75) is 39.7 Å². The highest BCUT2D eigenvalue weighted by atomic mass is 16.5. The Labute approximate surface area is 206 Å². The zero-order valence-corrected chi connectivity index (χ0v) is 20.7. The number of nitrogens with zero attached hydrogens (tertiary/aromatic N) is 2. The maximum Gasteiger partial charge on any atom is 0.251 e. The molecule has 186 valence electrons. The lowest BCUT2D eigenvalue weighted by molar-refractivity contribution is 0.0932. The fourth-order valence-corrected chi connectivity index (χ4v) is 4.33. The van der Waals surface area contributed by atoms with Gasteiger partial charge in [0.1, 0.15) is 0 Å². The third-order valence-electron chi connectivity index (χ3n) is 5.90. The van der Waals surface area contributed by atoms with Crippen LogP contribution in [0.25, 0.3) is 11.3 Å². The van der Waals surface area contributed by atoms with Crippen molar-refractivity contribution in [2.24, 2.45) is 0 Å². The van der Waals surface area contributed by atoms with Crippen LogP contribution in [0.4, 0.5) is 5.82 Å². The Balaban J connectivity index is 1.47. The second-order valence-electron chi connectivity index (χ2n) is 8.37. The number of piperidine rings is 1. The highest BCUT2D eigenvalue weighted by Gasteiger charge is 2.25. The van der Waals surface area contributed by atoms with E-state index in [1.54, 1.807) is 12.1 Å². The molecule has 1 atom stereocenters. The minimum absolute atomic E-state index is 0.00535. The van der Waals surface area contributed by atoms with E-state index in [1.807, 2.05) is 39.0 Å². The molecular weight excluding hydrogens is 444 g/mol. The molecule has 1 saturated heterocycles. The van der Waals surface area contributed by atoms with Crippen LogP contribution in [0.2, 0.25) is 0 Å². The Morgan fingerprint density at radius 3 is 2.37 bits per heavy atom. The van der Waals surface area contributed by atoms with E-state index in [9.17, 15) is 4.79 Å². The number of nitrogens with one attached hydrogen (secondary N) is 2. The Morgan fingerprint density at radius 1 is 1.03 bits per heavy atom. The van der Waals surface area contributed by atoms with Crippen molar-refractivity contribution >= 4 is 11.7 Å². The first-order valence-electron chi connectivity index (χ1n) is 12.4. The number of hydrogen-bond acceptors (Lipinski definition) is 6. The first-order chi connectivity index (χ1) is 17.1. The van der Waals surface area contributed by atoms with Gasteiger partial charge in [0, 0.05) is 30.8 Å². The van der Waals surface area contributed by atoms with E-state index in [4.69, 9.17) is 14.2 Å².